The second-order valence-corrected chi connectivity index (χ2v) is 4.18. The van der Waals surface area contributed by atoms with Crippen LogP contribution >= 0.6 is 15.9 Å². The predicted octanol–water partition coefficient (Wildman–Crippen LogP) is 2.67. The third kappa shape index (κ3) is 3.57. The van der Waals surface area contributed by atoms with Gasteiger partial charge in [-0.15, -0.1) is 0 Å². The Labute approximate surface area is 114 Å². The third-order valence-corrected chi connectivity index (χ3v) is 2.82. The van der Waals surface area contributed by atoms with Crippen molar-refractivity contribution in [3.05, 3.63) is 28.2 Å². The number of hydrogen-bond acceptors (Lipinski definition) is 5. The number of nitrogens with zero attached hydrogens (tertiary/aromatic N) is 2. The fraction of sp³-hybridized carbons (Fsp3) is 0.250. The van der Waals surface area contributed by atoms with Gasteiger partial charge in [-0.3, -0.25) is 5.43 Å². The number of rotatable bonds is 4. The van der Waals surface area contributed by atoms with Crippen molar-refractivity contribution in [2.45, 2.75) is 13.3 Å². The number of carbonyl (C=O) groups excluding carboxylic acids is 1. The lowest BCUT2D eigenvalue weighted by Crippen LogP contribution is -2.16. The zero-order valence-electron chi connectivity index (χ0n) is 10.0. The largest absolute Gasteiger partial charge is 0.464 e. The first-order chi connectivity index (χ1) is 8.62. The molecule has 0 aromatic heterocycles. The van der Waals surface area contributed by atoms with Crippen LogP contribution in [0.4, 0.5) is 5.69 Å². The molecule has 0 saturated carbocycles. The second-order valence-electron chi connectivity index (χ2n) is 3.32. The molecule has 0 aliphatic heterocycles. The maximum Gasteiger partial charge on any atom is 0.354 e. The van der Waals surface area contributed by atoms with Gasteiger partial charge in [-0.1, -0.05) is 6.92 Å². The van der Waals surface area contributed by atoms with Crippen molar-refractivity contribution in [3.8, 4) is 6.07 Å². The van der Waals surface area contributed by atoms with E-state index in [1.807, 2.05) is 13.0 Å². The standard InChI is InChI=1S/C12H12BrN3O2/c1-3-10(12(17)18-2)15-16-11-5-4-8(7-14)6-9(11)13/h4-6,16H,3H2,1-2H3/b15-10+. The average molecular weight is 310 g/mol. The fourth-order valence-electron chi connectivity index (χ4n) is 1.19. The molecule has 0 radical (unpaired) electrons. The van der Waals surface area contributed by atoms with E-state index in [1.54, 1.807) is 18.2 Å². The first kappa shape index (κ1) is 14.2. The van der Waals surface area contributed by atoms with E-state index in [0.717, 1.165) is 0 Å². The van der Waals surface area contributed by atoms with Crippen molar-refractivity contribution in [2.24, 2.45) is 5.10 Å². The van der Waals surface area contributed by atoms with Crippen LogP contribution in [0.3, 0.4) is 0 Å². The molecule has 0 aliphatic carbocycles. The number of hydrazone groups is 1. The van der Waals surface area contributed by atoms with E-state index in [4.69, 9.17) is 5.26 Å². The first-order valence-corrected chi connectivity index (χ1v) is 6.02. The summed E-state index contributed by atoms with van der Waals surface area (Å²) < 4.78 is 5.29. The summed E-state index contributed by atoms with van der Waals surface area (Å²) in [4.78, 5) is 11.3. The Kier molecular flexibility index (Phi) is 5.33. The quantitative estimate of drug-likeness (QED) is 0.527. The number of nitriles is 1. The summed E-state index contributed by atoms with van der Waals surface area (Å²) in [6.45, 7) is 1.81. The molecule has 5 nitrogen and oxygen atoms in total. The monoisotopic (exact) mass is 309 g/mol. The van der Waals surface area contributed by atoms with Gasteiger partial charge >= 0.3 is 5.97 Å². The smallest absolute Gasteiger partial charge is 0.354 e. The van der Waals surface area contributed by atoms with Gasteiger partial charge in [-0.2, -0.15) is 10.4 Å². The van der Waals surface area contributed by atoms with Crippen LogP contribution in [-0.2, 0) is 9.53 Å². The van der Waals surface area contributed by atoms with Gasteiger partial charge in [0.05, 0.1) is 24.4 Å². The maximum absolute atomic E-state index is 11.3. The Hall–Kier alpha value is -1.87. The van der Waals surface area contributed by atoms with Crippen LogP contribution in [0.2, 0.25) is 0 Å². The number of esters is 1. The summed E-state index contributed by atoms with van der Waals surface area (Å²) >= 11 is 3.32. The van der Waals surface area contributed by atoms with Crippen molar-refractivity contribution < 1.29 is 9.53 Å². The summed E-state index contributed by atoms with van der Waals surface area (Å²) in [6.07, 6.45) is 0.466. The van der Waals surface area contributed by atoms with E-state index in [-0.39, 0.29) is 0 Å². The highest BCUT2D eigenvalue weighted by molar-refractivity contribution is 9.10. The molecule has 1 rings (SSSR count). The third-order valence-electron chi connectivity index (χ3n) is 2.17. The molecule has 1 aromatic carbocycles. The number of carbonyl (C=O) groups is 1. The zero-order valence-corrected chi connectivity index (χ0v) is 11.6. The zero-order chi connectivity index (χ0) is 13.5. The van der Waals surface area contributed by atoms with Gasteiger partial charge in [0, 0.05) is 4.47 Å². The topological polar surface area (TPSA) is 74.5 Å². The van der Waals surface area contributed by atoms with Gasteiger partial charge < -0.3 is 4.74 Å². The van der Waals surface area contributed by atoms with Gasteiger partial charge in [-0.25, -0.2) is 4.79 Å². The molecule has 0 saturated heterocycles. The number of halogens is 1. The molecule has 0 atom stereocenters. The molecule has 0 bridgehead atoms. The number of anilines is 1. The van der Waals surface area contributed by atoms with Crippen LogP contribution in [0.25, 0.3) is 0 Å². The maximum atomic E-state index is 11.3. The van der Waals surface area contributed by atoms with Gasteiger partial charge in [-0.05, 0) is 40.5 Å². The highest BCUT2D eigenvalue weighted by Gasteiger charge is 2.09. The molecular formula is C12H12BrN3O2. The van der Waals surface area contributed by atoms with Gasteiger partial charge in [0.1, 0.15) is 5.71 Å². The molecule has 0 aliphatic rings. The van der Waals surface area contributed by atoms with E-state index >= 15 is 0 Å². The molecule has 0 amide bonds. The van der Waals surface area contributed by atoms with E-state index in [0.29, 0.717) is 27.9 Å². The van der Waals surface area contributed by atoms with Crippen LogP contribution in [0.1, 0.15) is 18.9 Å². The summed E-state index contributed by atoms with van der Waals surface area (Å²) in [5.74, 6) is -0.463. The first-order valence-electron chi connectivity index (χ1n) is 5.22. The van der Waals surface area contributed by atoms with Gasteiger partial charge in [0.15, 0.2) is 0 Å². The molecule has 0 fully saturated rings. The van der Waals surface area contributed by atoms with Crippen molar-refractivity contribution in [1.82, 2.24) is 0 Å². The Morgan fingerprint density at radius 3 is 2.83 bits per heavy atom. The second kappa shape index (κ2) is 6.77. The molecule has 18 heavy (non-hydrogen) atoms. The van der Waals surface area contributed by atoms with E-state index in [2.05, 4.69) is 31.2 Å². The predicted molar refractivity (Wildman–Crippen MR) is 72.2 cm³/mol. The molecular weight excluding hydrogens is 298 g/mol. The molecule has 0 spiro atoms. The average Bonchev–Trinajstić information content (AvgIpc) is 2.40. The van der Waals surface area contributed by atoms with Crippen LogP contribution in [-0.4, -0.2) is 18.8 Å². The molecule has 0 heterocycles. The normalized spacial score (nSPS) is 10.7. The minimum atomic E-state index is -0.463. The number of ether oxygens (including phenoxy) is 1. The van der Waals surface area contributed by atoms with Crippen molar-refractivity contribution >= 4 is 33.3 Å². The van der Waals surface area contributed by atoms with Crippen LogP contribution < -0.4 is 5.43 Å². The van der Waals surface area contributed by atoms with Crippen LogP contribution in [0, 0.1) is 11.3 Å². The molecule has 1 aromatic rings. The van der Waals surface area contributed by atoms with Crippen molar-refractivity contribution in [1.29, 1.82) is 5.26 Å². The molecule has 94 valence electrons. The summed E-state index contributed by atoms with van der Waals surface area (Å²) in [5, 5.41) is 12.7. The highest BCUT2D eigenvalue weighted by atomic mass is 79.9. The Balaban J connectivity index is 2.88. The lowest BCUT2D eigenvalue weighted by Gasteiger charge is -2.06. The Morgan fingerprint density at radius 1 is 1.61 bits per heavy atom. The fourth-order valence-corrected chi connectivity index (χ4v) is 1.66. The Bertz CT molecular complexity index is 521. The summed E-state index contributed by atoms with van der Waals surface area (Å²) in [7, 11) is 1.31. The highest BCUT2D eigenvalue weighted by Crippen LogP contribution is 2.23. The van der Waals surface area contributed by atoms with E-state index < -0.39 is 5.97 Å². The summed E-state index contributed by atoms with van der Waals surface area (Å²) in [6, 6.07) is 7.06. The molecule has 1 N–H and O–H groups in total. The van der Waals surface area contributed by atoms with Crippen LogP contribution in [0.15, 0.2) is 27.8 Å². The van der Waals surface area contributed by atoms with E-state index in [9.17, 15) is 4.79 Å². The van der Waals surface area contributed by atoms with Crippen LogP contribution in [0.5, 0.6) is 0 Å². The number of nitrogens with one attached hydrogen (secondary N) is 1. The summed E-state index contributed by atoms with van der Waals surface area (Å²) in [5.41, 5.74) is 4.27. The SMILES string of the molecule is CC/C(=N\Nc1ccc(C#N)cc1Br)C(=O)OC. The lowest BCUT2D eigenvalue weighted by molar-refractivity contribution is -0.132. The van der Waals surface area contributed by atoms with Crippen molar-refractivity contribution in [2.75, 3.05) is 12.5 Å². The lowest BCUT2D eigenvalue weighted by atomic mass is 10.2. The number of methoxy groups -OCH3 is 1. The van der Waals surface area contributed by atoms with E-state index in [1.165, 1.54) is 7.11 Å². The minimum absolute atomic E-state index is 0.300. The number of hydrogen-bond donors (Lipinski definition) is 1. The number of benzene rings is 1. The van der Waals surface area contributed by atoms with Gasteiger partial charge in [0.25, 0.3) is 0 Å². The minimum Gasteiger partial charge on any atom is -0.464 e. The van der Waals surface area contributed by atoms with Crippen molar-refractivity contribution in [3.63, 3.8) is 0 Å². The Morgan fingerprint density at radius 2 is 2.33 bits per heavy atom. The molecule has 0 unspecified atom stereocenters. The molecule has 6 heteroatoms. The van der Waals surface area contributed by atoms with Gasteiger partial charge in [0.2, 0.25) is 0 Å².